The molecule has 1 amide bonds. The van der Waals surface area contributed by atoms with Crippen LogP contribution in [0.2, 0.25) is 0 Å². The summed E-state index contributed by atoms with van der Waals surface area (Å²) in [4.78, 5) is 24.7. The van der Waals surface area contributed by atoms with Crippen LogP contribution in [0.25, 0.3) is 10.9 Å². The summed E-state index contributed by atoms with van der Waals surface area (Å²) in [5.41, 5.74) is 1.81. The van der Waals surface area contributed by atoms with Crippen LogP contribution in [0.15, 0.2) is 24.4 Å². The SMILES string of the molecule is O=C(O)C1CCN(C(=O)Cc2ccc3cn[nH]c3c2)C1. The van der Waals surface area contributed by atoms with Crippen LogP contribution in [0.4, 0.5) is 0 Å². The third-order valence-corrected chi connectivity index (χ3v) is 3.75. The number of carbonyl (C=O) groups is 2. The smallest absolute Gasteiger partial charge is 0.308 e. The van der Waals surface area contributed by atoms with Crippen molar-refractivity contribution < 1.29 is 14.7 Å². The van der Waals surface area contributed by atoms with Gasteiger partial charge in [0.15, 0.2) is 0 Å². The van der Waals surface area contributed by atoms with Gasteiger partial charge in [-0.1, -0.05) is 12.1 Å². The second kappa shape index (κ2) is 4.96. The molecule has 1 aromatic carbocycles. The molecule has 1 atom stereocenters. The van der Waals surface area contributed by atoms with E-state index in [-0.39, 0.29) is 5.91 Å². The minimum atomic E-state index is -0.820. The van der Waals surface area contributed by atoms with Crippen LogP contribution in [0, 0.1) is 5.92 Å². The van der Waals surface area contributed by atoms with Crippen LogP contribution in [0.1, 0.15) is 12.0 Å². The molecule has 0 saturated carbocycles. The van der Waals surface area contributed by atoms with E-state index in [1.165, 1.54) is 0 Å². The molecule has 6 nitrogen and oxygen atoms in total. The zero-order chi connectivity index (χ0) is 14.1. The maximum absolute atomic E-state index is 12.2. The molecule has 20 heavy (non-hydrogen) atoms. The van der Waals surface area contributed by atoms with Crippen LogP contribution in [0.5, 0.6) is 0 Å². The second-order valence-corrected chi connectivity index (χ2v) is 5.13. The highest BCUT2D eigenvalue weighted by Gasteiger charge is 2.30. The van der Waals surface area contributed by atoms with Gasteiger partial charge < -0.3 is 10.0 Å². The quantitative estimate of drug-likeness (QED) is 0.874. The highest BCUT2D eigenvalue weighted by molar-refractivity contribution is 5.83. The van der Waals surface area contributed by atoms with Crippen molar-refractivity contribution in [1.82, 2.24) is 15.1 Å². The molecule has 1 aliphatic rings. The topological polar surface area (TPSA) is 86.3 Å². The summed E-state index contributed by atoms with van der Waals surface area (Å²) in [5.74, 6) is -1.26. The number of amides is 1. The van der Waals surface area contributed by atoms with Crippen LogP contribution in [0.3, 0.4) is 0 Å². The molecule has 3 rings (SSSR count). The predicted molar refractivity (Wildman–Crippen MR) is 72.1 cm³/mol. The molecule has 0 aliphatic carbocycles. The number of aliphatic carboxylic acids is 1. The number of carboxylic acid groups (broad SMARTS) is 1. The summed E-state index contributed by atoms with van der Waals surface area (Å²) in [6, 6.07) is 5.73. The Labute approximate surface area is 115 Å². The van der Waals surface area contributed by atoms with E-state index in [9.17, 15) is 9.59 Å². The van der Waals surface area contributed by atoms with Gasteiger partial charge in [-0.3, -0.25) is 14.7 Å². The lowest BCUT2D eigenvalue weighted by Gasteiger charge is -2.15. The summed E-state index contributed by atoms with van der Waals surface area (Å²) in [6.45, 7) is 0.850. The number of fused-ring (bicyclic) bond motifs is 1. The van der Waals surface area contributed by atoms with Crippen molar-refractivity contribution in [2.75, 3.05) is 13.1 Å². The lowest BCUT2D eigenvalue weighted by molar-refractivity contribution is -0.141. The van der Waals surface area contributed by atoms with Crippen molar-refractivity contribution >= 4 is 22.8 Å². The van der Waals surface area contributed by atoms with Gasteiger partial charge in [0.25, 0.3) is 0 Å². The minimum absolute atomic E-state index is 0.0207. The van der Waals surface area contributed by atoms with Crippen molar-refractivity contribution in [2.45, 2.75) is 12.8 Å². The molecule has 1 saturated heterocycles. The van der Waals surface area contributed by atoms with E-state index in [4.69, 9.17) is 5.11 Å². The first-order valence-corrected chi connectivity index (χ1v) is 6.56. The number of likely N-dealkylation sites (tertiary alicyclic amines) is 1. The van der Waals surface area contributed by atoms with Gasteiger partial charge >= 0.3 is 5.97 Å². The Morgan fingerprint density at radius 3 is 3.05 bits per heavy atom. The Morgan fingerprint density at radius 2 is 2.30 bits per heavy atom. The lowest BCUT2D eigenvalue weighted by Crippen LogP contribution is -2.31. The van der Waals surface area contributed by atoms with E-state index in [0.29, 0.717) is 25.9 Å². The number of H-pyrrole nitrogens is 1. The Kier molecular flexibility index (Phi) is 3.14. The molecule has 1 unspecified atom stereocenters. The largest absolute Gasteiger partial charge is 0.481 e. The molecule has 2 aromatic rings. The summed E-state index contributed by atoms with van der Waals surface area (Å²) in [6.07, 6.45) is 2.57. The zero-order valence-corrected chi connectivity index (χ0v) is 10.9. The summed E-state index contributed by atoms with van der Waals surface area (Å²) in [5, 5.41) is 16.8. The Hall–Kier alpha value is -2.37. The van der Waals surface area contributed by atoms with E-state index in [1.807, 2.05) is 18.2 Å². The van der Waals surface area contributed by atoms with E-state index in [1.54, 1.807) is 11.1 Å². The van der Waals surface area contributed by atoms with Crippen LogP contribution >= 0.6 is 0 Å². The lowest BCUT2D eigenvalue weighted by atomic mass is 10.1. The standard InChI is InChI=1S/C14H15N3O3/c18-13(17-4-3-11(8-17)14(19)20)6-9-1-2-10-7-15-16-12(10)5-9/h1-2,5,7,11H,3-4,6,8H2,(H,15,16)(H,19,20). The highest BCUT2D eigenvalue weighted by Crippen LogP contribution is 2.19. The van der Waals surface area contributed by atoms with Gasteiger partial charge in [0.1, 0.15) is 0 Å². The van der Waals surface area contributed by atoms with Crippen molar-refractivity contribution in [3.05, 3.63) is 30.0 Å². The summed E-state index contributed by atoms with van der Waals surface area (Å²) < 4.78 is 0. The molecule has 1 fully saturated rings. The fraction of sp³-hybridized carbons (Fsp3) is 0.357. The normalized spacial score (nSPS) is 18.6. The van der Waals surface area contributed by atoms with Gasteiger partial charge in [-0.15, -0.1) is 0 Å². The Morgan fingerprint density at radius 1 is 1.45 bits per heavy atom. The predicted octanol–water partition coefficient (Wildman–Crippen LogP) is 1.04. The zero-order valence-electron chi connectivity index (χ0n) is 10.9. The van der Waals surface area contributed by atoms with Gasteiger partial charge in [-0.05, 0) is 18.1 Å². The second-order valence-electron chi connectivity index (χ2n) is 5.13. The Bertz CT molecular complexity index is 664. The van der Waals surface area contributed by atoms with Crippen molar-refractivity contribution in [1.29, 1.82) is 0 Å². The number of nitrogens with zero attached hydrogens (tertiary/aromatic N) is 2. The maximum Gasteiger partial charge on any atom is 0.308 e. The number of aromatic nitrogens is 2. The van der Waals surface area contributed by atoms with Crippen LogP contribution in [-0.2, 0) is 16.0 Å². The maximum atomic E-state index is 12.2. The molecule has 6 heteroatoms. The summed E-state index contributed by atoms with van der Waals surface area (Å²) in [7, 11) is 0. The average molecular weight is 273 g/mol. The van der Waals surface area contributed by atoms with Crippen molar-refractivity contribution in [2.24, 2.45) is 5.92 Å². The molecule has 0 spiro atoms. The van der Waals surface area contributed by atoms with E-state index in [2.05, 4.69) is 10.2 Å². The number of nitrogens with one attached hydrogen (secondary N) is 1. The number of hydrogen-bond donors (Lipinski definition) is 2. The van der Waals surface area contributed by atoms with Gasteiger partial charge in [0.05, 0.1) is 24.1 Å². The number of carbonyl (C=O) groups excluding carboxylic acids is 1. The molecular weight excluding hydrogens is 258 g/mol. The number of hydrogen-bond acceptors (Lipinski definition) is 3. The molecule has 2 N–H and O–H groups in total. The van der Waals surface area contributed by atoms with E-state index >= 15 is 0 Å². The summed E-state index contributed by atoms with van der Waals surface area (Å²) >= 11 is 0. The first kappa shape index (κ1) is 12.7. The first-order chi connectivity index (χ1) is 9.63. The van der Waals surface area contributed by atoms with Gasteiger partial charge in [0.2, 0.25) is 5.91 Å². The first-order valence-electron chi connectivity index (χ1n) is 6.56. The van der Waals surface area contributed by atoms with Crippen molar-refractivity contribution in [3.63, 3.8) is 0 Å². The molecule has 2 heterocycles. The molecule has 0 bridgehead atoms. The van der Waals surface area contributed by atoms with Gasteiger partial charge in [0, 0.05) is 18.5 Å². The number of benzene rings is 1. The van der Waals surface area contributed by atoms with E-state index in [0.717, 1.165) is 16.5 Å². The van der Waals surface area contributed by atoms with Crippen LogP contribution < -0.4 is 0 Å². The van der Waals surface area contributed by atoms with Crippen molar-refractivity contribution in [3.8, 4) is 0 Å². The number of rotatable bonds is 3. The molecule has 1 aromatic heterocycles. The molecular formula is C14H15N3O3. The third-order valence-electron chi connectivity index (χ3n) is 3.75. The molecule has 104 valence electrons. The van der Waals surface area contributed by atoms with Gasteiger partial charge in [-0.2, -0.15) is 5.10 Å². The minimum Gasteiger partial charge on any atom is -0.481 e. The molecule has 0 radical (unpaired) electrons. The Balaban J connectivity index is 1.68. The van der Waals surface area contributed by atoms with E-state index < -0.39 is 11.9 Å². The number of carboxylic acids is 1. The highest BCUT2D eigenvalue weighted by atomic mass is 16.4. The average Bonchev–Trinajstić information content (AvgIpc) is 3.07. The molecule has 1 aliphatic heterocycles. The van der Waals surface area contributed by atoms with Gasteiger partial charge in [-0.25, -0.2) is 0 Å². The van der Waals surface area contributed by atoms with Crippen LogP contribution in [-0.4, -0.2) is 45.2 Å². The third kappa shape index (κ3) is 2.36. The fourth-order valence-corrected chi connectivity index (χ4v) is 2.57. The fourth-order valence-electron chi connectivity index (χ4n) is 2.57. The number of aromatic amines is 1. The monoisotopic (exact) mass is 273 g/mol.